The van der Waals surface area contributed by atoms with Crippen molar-refractivity contribution in [3.63, 3.8) is 0 Å². The number of carbonyl (C=O) groups is 1. The maximum atomic E-state index is 10.2. The Balaban J connectivity index is 0. The van der Waals surface area contributed by atoms with Gasteiger partial charge in [0, 0.05) is 0 Å². The Morgan fingerprint density at radius 2 is 1.83 bits per heavy atom. The molecule has 0 saturated heterocycles. The zero-order chi connectivity index (χ0) is 8.27. The molecular formula is C8H9LiO3. The molecule has 1 rings (SSSR count). The Bertz CT molecular complexity index is 261. The van der Waals surface area contributed by atoms with Gasteiger partial charge in [0.15, 0.2) is 0 Å². The Morgan fingerprint density at radius 3 is 2.25 bits per heavy atom. The van der Waals surface area contributed by atoms with Crippen molar-refractivity contribution in [2.75, 3.05) is 0 Å². The number of carboxylic acid groups (broad SMARTS) is 1. The second kappa shape index (κ2) is 4.86. The third kappa shape index (κ3) is 3.47. The van der Waals surface area contributed by atoms with E-state index in [1.807, 2.05) is 0 Å². The molecule has 0 aromatic heterocycles. The van der Waals surface area contributed by atoms with Crippen LogP contribution in [-0.4, -0.2) is 16.2 Å². The van der Waals surface area contributed by atoms with Crippen LogP contribution in [0, 0.1) is 0 Å². The predicted octanol–water partition coefficient (Wildman–Crippen LogP) is -1.86. The molecule has 0 amide bonds. The summed E-state index contributed by atoms with van der Waals surface area (Å²) in [6.07, 6.45) is 0.000278. The van der Waals surface area contributed by atoms with Crippen molar-refractivity contribution in [1.82, 2.24) is 0 Å². The monoisotopic (exact) mass is 160 g/mol. The molecule has 0 radical (unpaired) electrons. The zero-order valence-electron chi connectivity index (χ0n) is 7.82. The fraction of sp³-hybridized carbons (Fsp3) is 0.125. The smallest absolute Gasteiger partial charge is 1.00 e. The number of aromatic hydroxyl groups is 1. The summed E-state index contributed by atoms with van der Waals surface area (Å²) < 4.78 is 0. The van der Waals surface area contributed by atoms with Gasteiger partial charge in [0.25, 0.3) is 0 Å². The zero-order valence-corrected chi connectivity index (χ0v) is 6.82. The van der Waals surface area contributed by atoms with Gasteiger partial charge in [0.2, 0.25) is 0 Å². The van der Waals surface area contributed by atoms with E-state index in [9.17, 15) is 4.79 Å². The Kier molecular flexibility index (Phi) is 4.49. The third-order valence-electron chi connectivity index (χ3n) is 1.29. The SMILES string of the molecule is O=C(O)Cc1ccc(O)cc1.[H-].[Li+]. The van der Waals surface area contributed by atoms with Crippen LogP contribution in [0.25, 0.3) is 0 Å². The third-order valence-corrected chi connectivity index (χ3v) is 1.29. The average molecular weight is 160 g/mol. The molecule has 2 N–H and O–H groups in total. The number of phenols is 1. The van der Waals surface area contributed by atoms with Crippen molar-refractivity contribution >= 4 is 5.97 Å². The predicted molar refractivity (Wildman–Crippen MR) is 40.6 cm³/mol. The van der Waals surface area contributed by atoms with E-state index in [0.717, 1.165) is 0 Å². The minimum absolute atomic E-state index is 0. The summed E-state index contributed by atoms with van der Waals surface area (Å²) in [6.45, 7) is 0. The topological polar surface area (TPSA) is 57.5 Å². The van der Waals surface area contributed by atoms with Crippen molar-refractivity contribution in [1.29, 1.82) is 0 Å². The van der Waals surface area contributed by atoms with Gasteiger partial charge in [-0.2, -0.15) is 0 Å². The molecule has 0 heterocycles. The van der Waals surface area contributed by atoms with Gasteiger partial charge in [-0.05, 0) is 17.7 Å². The molecular weight excluding hydrogens is 151 g/mol. The molecule has 0 saturated carbocycles. The quantitative estimate of drug-likeness (QED) is 0.498. The summed E-state index contributed by atoms with van der Waals surface area (Å²) in [4.78, 5) is 10.2. The number of hydrogen-bond donors (Lipinski definition) is 2. The second-order valence-corrected chi connectivity index (χ2v) is 2.24. The minimum Gasteiger partial charge on any atom is -1.00 e. The number of rotatable bonds is 2. The van der Waals surface area contributed by atoms with E-state index in [1.165, 1.54) is 12.1 Å². The van der Waals surface area contributed by atoms with Crippen LogP contribution in [0.2, 0.25) is 0 Å². The largest absolute Gasteiger partial charge is 1.00 e. The van der Waals surface area contributed by atoms with Crippen LogP contribution in [0.5, 0.6) is 5.75 Å². The van der Waals surface area contributed by atoms with E-state index in [1.54, 1.807) is 12.1 Å². The molecule has 0 aliphatic rings. The minimum atomic E-state index is -0.865. The van der Waals surface area contributed by atoms with Gasteiger partial charge in [0.1, 0.15) is 5.75 Å². The fourth-order valence-electron chi connectivity index (χ4n) is 0.788. The molecule has 0 unspecified atom stereocenters. The van der Waals surface area contributed by atoms with Crippen molar-refractivity contribution < 1.29 is 35.3 Å². The molecule has 0 aliphatic carbocycles. The summed E-state index contributed by atoms with van der Waals surface area (Å²) in [6, 6.07) is 6.11. The van der Waals surface area contributed by atoms with Gasteiger partial charge in [-0.25, -0.2) is 0 Å². The molecule has 3 nitrogen and oxygen atoms in total. The Hall–Kier alpha value is -0.913. The molecule has 1 aromatic rings. The van der Waals surface area contributed by atoms with Crippen molar-refractivity contribution in [2.24, 2.45) is 0 Å². The van der Waals surface area contributed by atoms with Crippen molar-refractivity contribution in [3.8, 4) is 5.75 Å². The van der Waals surface area contributed by atoms with E-state index in [4.69, 9.17) is 10.2 Å². The van der Waals surface area contributed by atoms with Crippen LogP contribution in [0.4, 0.5) is 0 Å². The van der Waals surface area contributed by atoms with Crippen LogP contribution < -0.4 is 18.9 Å². The molecule has 4 heteroatoms. The van der Waals surface area contributed by atoms with Gasteiger partial charge in [0.05, 0.1) is 6.42 Å². The summed E-state index contributed by atoms with van der Waals surface area (Å²) >= 11 is 0. The molecule has 0 fully saturated rings. The van der Waals surface area contributed by atoms with E-state index < -0.39 is 5.97 Å². The standard InChI is InChI=1S/C8H8O3.Li.H/c9-7-3-1-6(2-4-7)5-8(10)11;;/h1-4,9H,5H2,(H,10,11);;/q;+1;-1. The first-order valence-corrected chi connectivity index (χ1v) is 3.18. The Labute approximate surface area is 83.7 Å². The summed E-state index contributed by atoms with van der Waals surface area (Å²) in [7, 11) is 0. The van der Waals surface area contributed by atoms with E-state index in [0.29, 0.717) is 5.56 Å². The maximum absolute atomic E-state index is 10.2. The van der Waals surface area contributed by atoms with Crippen LogP contribution in [0.3, 0.4) is 0 Å². The van der Waals surface area contributed by atoms with Gasteiger partial charge >= 0.3 is 24.8 Å². The molecule has 0 bridgehead atoms. The van der Waals surface area contributed by atoms with Crippen LogP contribution in [0.1, 0.15) is 6.99 Å². The van der Waals surface area contributed by atoms with E-state index in [-0.39, 0.29) is 32.5 Å². The number of carboxylic acids is 1. The van der Waals surface area contributed by atoms with Gasteiger partial charge in [-0.15, -0.1) is 0 Å². The summed E-state index contributed by atoms with van der Waals surface area (Å²) in [5.41, 5.74) is 0.690. The molecule has 1 aromatic carbocycles. The average Bonchev–Trinajstić information content (AvgIpc) is 1.93. The van der Waals surface area contributed by atoms with Crippen LogP contribution in [-0.2, 0) is 11.2 Å². The fourth-order valence-corrected chi connectivity index (χ4v) is 0.788. The van der Waals surface area contributed by atoms with Gasteiger partial charge in [-0.3, -0.25) is 4.79 Å². The normalized spacial score (nSPS) is 8.67. The number of aliphatic carboxylic acids is 1. The summed E-state index contributed by atoms with van der Waals surface area (Å²) in [5, 5.41) is 17.2. The first kappa shape index (κ1) is 11.1. The molecule has 0 aliphatic heterocycles. The number of phenolic OH excluding ortho intramolecular Hbond substituents is 1. The van der Waals surface area contributed by atoms with E-state index >= 15 is 0 Å². The maximum Gasteiger partial charge on any atom is 1.00 e. The molecule has 0 atom stereocenters. The number of hydrogen-bond acceptors (Lipinski definition) is 2. The molecule has 60 valence electrons. The molecule has 12 heavy (non-hydrogen) atoms. The van der Waals surface area contributed by atoms with E-state index in [2.05, 4.69) is 0 Å². The summed E-state index contributed by atoms with van der Waals surface area (Å²) in [5.74, 6) is -0.713. The molecule has 0 spiro atoms. The van der Waals surface area contributed by atoms with Gasteiger partial charge < -0.3 is 11.6 Å². The Morgan fingerprint density at radius 1 is 1.33 bits per heavy atom. The second-order valence-electron chi connectivity index (χ2n) is 2.24. The first-order valence-electron chi connectivity index (χ1n) is 3.18. The van der Waals surface area contributed by atoms with Crippen molar-refractivity contribution in [3.05, 3.63) is 29.8 Å². The first-order chi connectivity index (χ1) is 5.18. The number of benzene rings is 1. The van der Waals surface area contributed by atoms with Crippen LogP contribution >= 0.6 is 0 Å². The van der Waals surface area contributed by atoms with Gasteiger partial charge in [-0.1, -0.05) is 12.1 Å². The van der Waals surface area contributed by atoms with Crippen molar-refractivity contribution in [2.45, 2.75) is 6.42 Å². The van der Waals surface area contributed by atoms with Crippen LogP contribution in [0.15, 0.2) is 24.3 Å².